The molecule has 0 bridgehead atoms. The third-order valence-electron chi connectivity index (χ3n) is 4.42. The van der Waals surface area contributed by atoms with Crippen LogP contribution >= 0.6 is 11.3 Å². The molecule has 0 aliphatic heterocycles. The van der Waals surface area contributed by atoms with Gasteiger partial charge in [0.25, 0.3) is 5.91 Å². The highest BCUT2D eigenvalue weighted by Crippen LogP contribution is 2.32. The summed E-state index contributed by atoms with van der Waals surface area (Å²) in [5.74, 6) is -0.619. The molecule has 0 unspecified atom stereocenters. The Morgan fingerprint density at radius 3 is 2.70 bits per heavy atom. The average molecular weight is 387 g/mol. The number of aryl methyl sites for hydroxylation is 2. The quantitative estimate of drug-likeness (QED) is 0.706. The fourth-order valence-electron chi connectivity index (χ4n) is 3.13. The van der Waals surface area contributed by atoms with Crippen molar-refractivity contribution < 1.29 is 14.1 Å². The van der Waals surface area contributed by atoms with Crippen LogP contribution in [0.5, 0.6) is 0 Å². The normalized spacial score (nSPS) is 11.3. The number of amides is 1. The zero-order valence-electron chi connectivity index (χ0n) is 16.2. The van der Waals surface area contributed by atoms with Gasteiger partial charge in [-0.1, -0.05) is 23.5 Å². The molecular weight excluding hydrogens is 361 g/mol. The van der Waals surface area contributed by atoms with Gasteiger partial charge in [-0.25, -0.2) is 9.37 Å². The first-order valence-corrected chi connectivity index (χ1v) is 9.91. The number of anilines is 1. The maximum absolute atomic E-state index is 13.6. The summed E-state index contributed by atoms with van der Waals surface area (Å²) in [4.78, 5) is 20.9. The number of hydrogen-bond acceptors (Lipinski definition) is 3. The molecule has 6 heteroatoms. The number of halogens is 1. The first-order valence-electron chi connectivity index (χ1n) is 9.09. The van der Waals surface area contributed by atoms with Crippen molar-refractivity contribution in [2.75, 3.05) is 32.1 Å². The van der Waals surface area contributed by atoms with Gasteiger partial charge in [0.2, 0.25) is 0 Å². The van der Waals surface area contributed by atoms with Crippen molar-refractivity contribution in [1.29, 1.82) is 0 Å². The van der Waals surface area contributed by atoms with Crippen LogP contribution < -0.4 is 9.80 Å². The molecule has 142 valence electrons. The second kappa shape index (κ2) is 8.15. The molecule has 1 heterocycles. The molecule has 27 heavy (non-hydrogen) atoms. The summed E-state index contributed by atoms with van der Waals surface area (Å²) in [7, 11) is 4.17. The van der Waals surface area contributed by atoms with E-state index in [2.05, 4.69) is 33.2 Å². The van der Waals surface area contributed by atoms with Crippen LogP contribution in [0.25, 0.3) is 10.2 Å². The van der Waals surface area contributed by atoms with Crippen LogP contribution in [-0.2, 0) is 0 Å². The fourth-order valence-corrected chi connectivity index (χ4v) is 4.29. The lowest BCUT2D eigenvalue weighted by Crippen LogP contribution is -3.05. The van der Waals surface area contributed by atoms with E-state index in [1.165, 1.54) is 33.9 Å². The largest absolute Gasteiger partial charge is 0.340 e. The number of carbonyl (C=O) groups is 1. The number of aromatic nitrogens is 1. The molecule has 1 amide bonds. The maximum atomic E-state index is 13.6. The van der Waals surface area contributed by atoms with Gasteiger partial charge in [0.1, 0.15) is 5.82 Å². The summed E-state index contributed by atoms with van der Waals surface area (Å²) in [6.07, 6.45) is 0.845. The first kappa shape index (κ1) is 19.5. The predicted molar refractivity (Wildman–Crippen MR) is 109 cm³/mol. The highest BCUT2D eigenvalue weighted by Gasteiger charge is 2.22. The monoisotopic (exact) mass is 386 g/mol. The number of hydrogen-bond donors (Lipinski definition) is 1. The topological polar surface area (TPSA) is 37.6 Å². The molecule has 0 radical (unpaired) electrons. The molecule has 1 aromatic heterocycles. The maximum Gasteiger partial charge on any atom is 0.260 e. The summed E-state index contributed by atoms with van der Waals surface area (Å²) >= 11 is 1.51. The molecule has 0 aliphatic rings. The molecule has 2 aromatic carbocycles. The van der Waals surface area contributed by atoms with E-state index in [-0.39, 0.29) is 5.91 Å². The Kier molecular flexibility index (Phi) is 5.87. The summed E-state index contributed by atoms with van der Waals surface area (Å²) in [5.41, 5.74) is 3.55. The van der Waals surface area contributed by atoms with E-state index in [0.717, 1.165) is 28.7 Å². The van der Waals surface area contributed by atoms with Crippen LogP contribution in [0.2, 0.25) is 0 Å². The Balaban J connectivity index is 1.98. The molecule has 0 saturated heterocycles. The van der Waals surface area contributed by atoms with Crippen molar-refractivity contribution in [1.82, 2.24) is 4.98 Å². The molecule has 0 aliphatic carbocycles. The van der Waals surface area contributed by atoms with Crippen molar-refractivity contribution in [3.05, 3.63) is 58.9 Å². The molecule has 0 atom stereocenters. The number of fused-ring (bicyclic) bond motifs is 1. The van der Waals surface area contributed by atoms with E-state index >= 15 is 0 Å². The Hall–Kier alpha value is -2.31. The number of benzene rings is 2. The van der Waals surface area contributed by atoms with Crippen LogP contribution in [0.15, 0.2) is 36.4 Å². The van der Waals surface area contributed by atoms with Crippen LogP contribution in [0.3, 0.4) is 0 Å². The van der Waals surface area contributed by atoms with Gasteiger partial charge in [-0.15, -0.1) is 0 Å². The van der Waals surface area contributed by atoms with Crippen LogP contribution in [0.1, 0.15) is 27.9 Å². The fraction of sp³-hybridized carbons (Fsp3) is 0.333. The standard InChI is InChI=1S/C21H24FN3OS/c1-14-11-15(2)19-18(12-14)27-21(23-19)25(10-6-9-24(3)4)20(26)16-7-5-8-17(22)13-16/h5,7-8,11-13H,6,9-10H2,1-4H3/p+1. The van der Waals surface area contributed by atoms with Gasteiger partial charge in [0, 0.05) is 18.5 Å². The Morgan fingerprint density at radius 2 is 2.00 bits per heavy atom. The van der Waals surface area contributed by atoms with E-state index in [0.29, 0.717) is 17.2 Å². The minimum Gasteiger partial charge on any atom is -0.340 e. The number of quaternary nitrogens is 1. The Labute approximate surface area is 163 Å². The lowest BCUT2D eigenvalue weighted by atomic mass is 10.1. The minimum absolute atomic E-state index is 0.211. The van der Waals surface area contributed by atoms with Crippen LogP contribution in [0, 0.1) is 19.7 Å². The SMILES string of the molecule is Cc1cc(C)c2nc(N(CCC[NH+](C)C)C(=O)c3cccc(F)c3)sc2c1. The molecule has 3 aromatic rings. The van der Waals surface area contributed by atoms with Crippen LogP contribution in [-0.4, -0.2) is 38.1 Å². The van der Waals surface area contributed by atoms with E-state index in [4.69, 9.17) is 4.98 Å². The zero-order valence-corrected chi connectivity index (χ0v) is 17.0. The van der Waals surface area contributed by atoms with Gasteiger partial charge in [-0.3, -0.25) is 9.69 Å². The van der Waals surface area contributed by atoms with Gasteiger partial charge in [0.05, 0.1) is 30.9 Å². The van der Waals surface area contributed by atoms with Crippen molar-refractivity contribution in [3.63, 3.8) is 0 Å². The molecule has 0 spiro atoms. The zero-order chi connectivity index (χ0) is 19.6. The number of carbonyl (C=O) groups excluding carboxylic acids is 1. The number of nitrogens with one attached hydrogen (secondary N) is 1. The lowest BCUT2D eigenvalue weighted by Gasteiger charge is -2.20. The number of thiazole rings is 1. The third-order valence-corrected chi connectivity index (χ3v) is 5.45. The van der Waals surface area contributed by atoms with E-state index in [9.17, 15) is 9.18 Å². The molecule has 4 nitrogen and oxygen atoms in total. The average Bonchev–Trinajstić information content (AvgIpc) is 3.02. The van der Waals surface area contributed by atoms with Crippen molar-refractivity contribution >= 4 is 32.6 Å². The van der Waals surface area contributed by atoms with Crippen LogP contribution in [0.4, 0.5) is 9.52 Å². The van der Waals surface area contributed by atoms with E-state index < -0.39 is 5.82 Å². The smallest absolute Gasteiger partial charge is 0.260 e. The third kappa shape index (κ3) is 4.51. The first-order chi connectivity index (χ1) is 12.8. The highest BCUT2D eigenvalue weighted by molar-refractivity contribution is 7.22. The van der Waals surface area contributed by atoms with Gasteiger partial charge in [-0.2, -0.15) is 0 Å². The summed E-state index contributed by atoms with van der Waals surface area (Å²) < 4.78 is 14.7. The second-order valence-corrected chi connectivity index (χ2v) is 8.21. The molecule has 0 fully saturated rings. The number of rotatable bonds is 6. The number of nitrogens with zero attached hydrogens (tertiary/aromatic N) is 2. The summed E-state index contributed by atoms with van der Waals surface area (Å²) in [6.45, 7) is 5.59. The van der Waals surface area contributed by atoms with Crippen molar-refractivity contribution in [3.8, 4) is 0 Å². The minimum atomic E-state index is -0.408. The Morgan fingerprint density at radius 1 is 1.22 bits per heavy atom. The molecular formula is C21H25FN3OS+. The van der Waals surface area contributed by atoms with Crippen molar-refractivity contribution in [2.45, 2.75) is 20.3 Å². The lowest BCUT2D eigenvalue weighted by molar-refractivity contribution is -0.858. The van der Waals surface area contributed by atoms with Gasteiger partial charge < -0.3 is 4.90 Å². The van der Waals surface area contributed by atoms with Crippen molar-refractivity contribution in [2.24, 2.45) is 0 Å². The molecule has 3 rings (SSSR count). The summed E-state index contributed by atoms with van der Waals surface area (Å²) in [6, 6.07) is 10.0. The van der Waals surface area contributed by atoms with E-state index in [1.54, 1.807) is 17.0 Å². The summed E-state index contributed by atoms with van der Waals surface area (Å²) in [5, 5.41) is 0.668. The highest BCUT2D eigenvalue weighted by atomic mass is 32.1. The molecule has 0 saturated carbocycles. The van der Waals surface area contributed by atoms with Gasteiger partial charge in [0.15, 0.2) is 5.13 Å². The predicted octanol–water partition coefficient (Wildman–Crippen LogP) is 3.23. The second-order valence-electron chi connectivity index (χ2n) is 7.20. The molecule has 1 N–H and O–H groups in total. The Bertz CT molecular complexity index is 967. The van der Waals surface area contributed by atoms with E-state index in [1.807, 2.05) is 6.92 Å². The van der Waals surface area contributed by atoms with Gasteiger partial charge >= 0.3 is 0 Å². The van der Waals surface area contributed by atoms with Gasteiger partial charge in [-0.05, 0) is 49.2 Å².